The normalized spacial score (nSPS) is 21.4. The molecule has 1 aliphatic rings. The highest BCUT2D eigenvalue weighted by Crippen LogP contribution is 2.35. The fourth-order valence-corrected chi connectivity index (χ4v) is 2.93. The van der Waals surface area contributed by atoms with Crippen molar-refractivity contribution >= 4 is 0 Å². The van der Waals surface area contributed by atoms with Gasteiger partial charge >= 0.3 is 0 Å². The van der Waals surface area contributed by atoms with Crippen LogP contribution in [0.4, 0.5) is 0 Å². The molecule has 1 aromatic rings. The van der Waals surface area contributed by atoms with Crippen LogP contribution < -0.4 is 0 Å². The fourth-order valence-electron chi connectivity index (χ4n) is 2.93. The van der Waals surface area contributed by atoms with Gasteiger partial charge in [0.2, 0.25) is 0 Å². The summed E-state index contributed by atoms with van der Waals surface area (Å²) in [4.78, 5) is 4.32. The second-order valence-corrected chi connectivity index (χ2v) is 5.65. The molecule has 1 fully saturated rings. The van der Waals surface area contributed by atoms with Crippen LogP contribution in [-0.4, -0.2) is 20.3 Å². The summed E-state index contributed by atoms with van der Waals surface area (Å²) in [5.41, 5.74) is -0.521. The number of hydrogen-bond donors (Lipinski definition) is 1. The van der Waals surface area contributed by atoms with Crippen LogP contribution in [0.5, 0.6) is 0 Å². The summed E-state index contributed by atoms with van der Waals surface area (Å²) in [6.07, 6.45) is 11.8. The second-order valence-electron chi connectivity index (χ2n) is 5.65. The Hall–Kier alpha value is -0.830. The average Bonchev–Trinajstić information content (AvgIpc) is 2.74. The summed E-state index contributed by atoms with van der Waals surface area (Å²) in [6.45, 7) is 2.01. The van der Waals surface area contributed by atoms with Crippen LogP contribution in [0, 0.1) is 5.92 Å². The van der Waals surface area contributed by atoms with Crippen LogP contribution in [0.25, 0.3) is 0 Å². The summed E-state index contributed by atoms with van der Waals surface area (Å²) < 4.78 is 2.04. The number of imidazole rings is 1. The Morgan fingerprint density at radius 1 is 1.41 bits per heavy atom. The Labute approximate surface area is 104 Å². The number of aryl methyl sites for hydroxylation is 2. The number of aliphatic hydroxyl groups is 1. The van der Waals surface area contributed by atoms with Crippen molar-refractivity contribution in [2.24, 2.45) is 13.0 Å². The molecule has 0 aliphatic heterocycles. The van der Waals surface area contributed by atoms with Gasteiger partial charge in [0.15, 0.2) is 0 Å². The van der Waals surface area contributed by atoms with Gasteiger partial charge in [-0.15, -0.1) is 0 Å². The second kappa shape index (κ2) is 5.21. The summed E-state index contributed by atoms with van der Waals surface area (Å²) in [7, 11) is 2.01. The largest absolute Gasteiger partial charge is 0.390 e. The zero-order chi connectivity index (χ0) is 12.3. The minimum atomic E-state index is -0.521. The molecule has 1 aliphatic carbocycles. The molecule has 0 bridgehead atoms. The van der Waals surface area contributed by atoms with Crippen LogP contribution in [0.3, 0.4) is 0 Å². The molecule has 1 saturated carbocycles. The van der Waals surface area contributed by atoms with Crippen LogP contribution >= 0.6 is 0 Å². The van der Waals surface area contributed by atoms with Crippen LogP contribution in [0.2, 0.25) is 0 Å². The Kier molecular flexibility index (Phi) is 3.87. The zero-order valence-electron chi connectivity index (χ0n) is 11.0. The summed E-state index contributed by atoms with van der Waals surface area (Å²) in [5.74, 6) is 1.55. The van der Waals surface area contributed by atoms with Crippen molar-refractivity contribution in [1.82, 2.24) is 9.55 Å². The van der Waals surface area contributed by atoms with Crippen molar-refractivity contribution in [3.63, 3.8) is 0 Å². The van der Waals surface area contributed by atoms with Gasteiger partial charge in [0, 0.05) is 25.9 Å². The number of nitrogens with zero attached hydrogens (tertiary/aromatic N) is 2. The van der Waals surface area contributed by atoms with E-state index in [4.69, 9.17) is 0 Å². The molecular formula is C14H24N2O. The maximum atomic E-state index is 10.6. The molecule has 0 saturated heterocycles. The first-order valence-electron chi connectivity index (χ1n) is 6.78. The van der Waals surface area contributed by atoms with Crippen LogP contribution in [0.1, 0.15) is 51.3 Å². The van der Waals surface area contributed by atoms with E-state index in [-0.39, 0.29) is 0 Å². The smallest absolute Gasteiger partial charge is 0.108 e. The molecule has 96 valence electrons. The highest BCUT2D eigenvalue weighted by molar-refractivity contribution is 4.94. The van der Waals surface area contributed by atoms with Crippen molar-refractivity contribution in [2.45, 2.75) is 57.5 Å². The highest BCUT2D eigenvalue weighted by Gasteiger charge is 2.32. The molecular weight excluding hydrogens is 212 g/mol. The van der Waals surface area contributed by atoms with Gasteiger partial charge in [-0.05, 0) is 32.1 Å². The predicted molar refractivity (Wildman–Crippen MR) is 68.7 cm³/mol. The number of aromatic nitrogens is 2. The first kappa shape index (κ1) is 12.6. The van der Waals surface area contributed by atoms with Gasteiger partial charge in [-0.3, -0.25) is 0 Å². The highest BCUT2D eigenvalue weighted by atomic mass is 16.3. The number of rotatable bonds is 4. The van der Waals surface area contributed by atoms with Gasteiger partial charge in [-0.25, -0.2) is 4.98 Å². The lowest BCUT2D eigenvalue weighted by atomic mass is 9.76. The van der Waals surface area contributed by atoms with E-state index in [1.165, 1.54) is 32.1 Å². The first-order valence-corrected chi connectivity index (χ1v) is 6.78. The van der Waals surface area contributed by atoms with E-state index in [1.54, 1.807) is 0 Å². The Balaban J connectivity index is 1.90. The van der Waals surface area contributed by atoms with Gasteiger partial charge in [-0.2, -0.15) is 0 Å². The number of hydrogen-bond acceptors (Lipinski definition) is 2. The minimum absolute atomic E-state index is 0.483. The molecule has 3 heteroatoms. The third-order valence-corrected chi connectivity index (χ3v) is 4.26. The standard InChI is InChI=1S/C14H24N2O/c1-14(17,12-6-4-3-5-7-12)9-8-13-15-10-11-16(13)2/h10-12,17H,3-9H2,1-2H3. The van der Waals surface area contributed by atoms with E-state index in [2.05, 4.69) is 4.98 Å². The van der Waals surface area contributed by atoms with Gasteiger partial charge in [0.05, 0.1) is 5.60 Å². The van der Waals surface area contributed by atoms with Gasteiger partial charge < -0.3 is 9.67 Å². The van der Waals surface area contributed by atoms with Crippen LogP contribution in [-0.2, 0) is 13.5 Å². The van der Waals surface area contributed by atoms with Crippen molar-refractivity contribution in [3.8, 4) is 0 Å². The topological polar surface area (TPSA) is 38.0 Å². The Morgan fingerprint density at radius 3 is 2.71 bits per heavy atom. The van der Waals surface area contributed by atoms with Crippen molar-refractivity contribution < 1.29 is 5.11 Å². The summed E-state index contributed by atoms with van der Waals surface area (Å²) >= 11 is 0. The third-order valence-electron chi connectivity index (χ3n) is 4.26. The fraction of sp³-hybridized carbons (Fsp3) is 0.786. The van der Waals surface area contributed by atoms with Gasteiger partial charge in [-0.1, -0.05) is 19.3 Å². The SMILES string of the molecule is Cn1ccnc1CCC(C)(O)C1CCCCC1. The Morgan fingerprint density at radius 2 is 2.12 bits per heavy atom. The zero-order valence-corrected chi connectivity index (χ0v) is 11.0. The molecule has 0 radical (unpaired) electrons. The molecule has 1 atom stereocenters. The molecule has 1 N–H and O–H groups in total. The third kappa shape index (κ3) is 3.09. The maximum absolute atomic E-state index is 10.6. The van der Waals surface area contributed by atoms with Gasteiger partial charge in [0.25, 0.3) is 0 Å². The van der Waals surface area contributed by atoms with E-state index in [9.17, 15) is 5.11 Å². The molecule has 17 heavy (non-hydrogen) atoms. The Bertz CT molecular complexity index is 351. The first-order chi connectivity index (χ1) is 8.09. The quantitative estimate of drug-likeness (QED) is 0.873. The monoisotopic (exact) mass is 236 g/mol. The maximum Gasteiger partial charge on any atom is 0.108 e. The molecule has 1 heterocycles. The predicted octanol–water partition coefficient (Wildman–Crippen LogP) is 2.68. The summed E-state index contributed by atoms with van der Waals surface area (Å²) in [5, 5.41) is 10.6. The van der Waals surface area contributed by atoms with Crippen molar-refractivity contribution in [2.75, 3.05) is 0 Å². The minimum Gasteiger partial charge on any atom is -0.390 e. The van der Waals surface area contributed by atoms with E-state index < -0.39 is 5.60 Å². The lowest BCUT2D eigenvalue weighted by molar-refractivity contribution is -0.0236. The van der Waals surface area contributed by atoms with E-state index >= 15 is 0 Å². The van der Waals surface area contributed by atoms with E-state index in [0.717, 1.165) is 18.7 Å². The molecule has 0 amide bonds. The van der Waals surface area contributed by atoms with Crippen molar-refractivity contribution in [3.05, 3.63) is 18.2 Å². The lowest BCUT2D eigenvalue weighted by Crippen LogP contribution is -2.36. The summed E-state index contributed by atoms with van der Waals surface area (Å²) in [6, 6.07) is 0. The van der Waals surface area contributed by atoms with E-state index in [1.807, 2.05) is 30.9 Å². The average molecular weight is 236 g/mol. The molecule has 0 aromatic carbocycles. The molecule has 2 rings (SSSR count). The van der Waals surface area contributed by atoms with Crippen LogP contribution in [0.15, 0.2) is 12.4 Å². The molecule has 1 unspecified atom stereocenters. The van der Waals surface area contributed by atoms with Crippen molar-refractivity contribution in [1.29, 1.82) is 0 Å². The molecule has 3 nitrogen and oxygen atoms in total. The lowest BCUT2D eigenvalue weighted by Gasteiger charge is -2.35. The van der Waals surface area contributed by atoms with E-state index in [0.29, 0.717) is 5.92 Å². The molecule has 1 aromatic heterocycles. The molecule has 0 spiro atoms. The van der Waals surface area contributed by atoms with Gasteiger partial charge in [0.1, 0.15) is 5.82 Å².